The van der Waals surface area contributed by atoms with E-state index in [-0.39, 0.29) is 23.7 Å². The number of rotatable bonds is 10. The van der Waals surface area contributed by atoms with Gasteiger partial charge in [0.2, 0.25) is 5.75 Å². The average Bonchev–Trinajstić information content (AvgIpc) is 2.89. The molecule has 0 aliphatic carbocycles. The van der Waals surface area contributed by atoms with Gasteiger partial charge in [-0.25, -0.2) is 5.43 Å². The summed E-state index contributed by atoms with van der Waals surface area (Å²) < 4.78 is 60.3. The molecule has 0 unspecified atom stereocenters. The number of carbonyl (C=O) groups is 1. The third-order valence-electron chi connectivity index (χ3n) is 5.00. The fourth-order valence-corrected chi connectivity index (χ4v) is 3.21. The van der Waals surface area contributed by atoms with Crippen LogP contribution in [0.25, 0.3) is 0 Å². The van der Waals surface area contributed by atoms with Gasteiger partial charge in [-0.15, -0.1) is 0 Å². The number of carbonyl (C=O) groups excluding carboxylic acids is 1. The summed E-state index contributed by atoms with van der Waals surface area (Å²) in [6, 6.07) is 11.0. The van der Waals surface area contributed by atoms with Crippen LogP contribution >= 0.6 is 0 Å². The number of halogens is 3. The minimum Gasteiger partial charge on any atom is -0.493 e. The number of hydrazone groups is 1. The van der Waals surface area contributed by atoms with Crippen LogP contribution in [0.3, 0.4) is 0 Å². The van der Waals surface area contributed by atoms with E-state index in [2.05, 4.69) is 10.5 Å². The number of nitrogens with one attached hydrogen (secondary N) is 1. The van der Waals surface area contributed by atoms with Crippen molar-refractivity contribution < 1.29 is 41.8 Å². The van der Waals surface area contributed by atoms with Gasteiger partial charge in [-0.05, 0) is 61.0 Å². The first-order chi connectivity index (χ1) is 18.1. The quantitative estimate of drug-likeness (QED) is 0.205. The maximum atomic E-state index is 13.0. The van der Waals surface area contributed by atoms with E-state index in [9.17, 15) is 28.1 Å². The number of benzene rings is 3. The highest BCUT2D eigenvalue weighted by Gasteiger charge is 2.33. The van der Waals surface area contributed by atoms with Crippen molar-refractivity contribution in [3.8, 4) is 28.7 Å². The molecule has 10 nitrogen and oxygen atoms in total. The van der Waals surface area contributed by atoms with Crippen LogP contribution in [0.15, 0.2) is 59.7 Å². The molecule has 38 heavy (non-hydrogen) atoms. The summed E-state index contributed by atoms with van der Waals surface area (Å²) in [5.41, 5.74) is 1.08. The molecule has 3 aromatic rings. The molecule has 0 aromatic heterocycles. The Morgan fingerprint density at radius 1 is 0.974 bits per heavy atom. The van der Waals surface area contributed by atoms with Crippen molar-refractivity contribution in [1.82, 2.24) is 5.43 Å². The first-order valence-electron chi connectivity index (χ1n) is 10.9. The summed E-state index contributed by atoms with van der Waals surface area (Å²) in [6.07, 6.45) is -3.43. The fraction of sp³-hybridized carbons (Fsp3) is 0.200. The Morgan fingerprint density at radius 2 is 1.66 bits per heavy atom. The first kappa shape index (κ1) is 27.8. The van der Waals surface area contributed by atoms with Crippen molar-refractivity contribution in [2.75, 3.05) is 20.8 Å². The van der Waals surface area contributed by atoms with E-state index in [0.29, 0.717) is 29.2 Å². The Bertz CT molecular complexity index is 1360. The molecule has 0 aliphatic heterocycles. The van der Waals surface area contributed by atoms with Crippen molar-refractivity contribution in [3.05, 3.63) is 81.4 Å². The maximum absolute atomic E-state index is 13.0. The van der Waals surface area contributed by atoms with Gasteiger partial charge < -0.3 is 18.9 Å². The number of hydrogen-bond acceptors (Lipinski definition) is 8. The highest BCUT2D eigenvalue weighted by Crippen LogP contribution is 2.40. The second kappa shape index (κ2) is 12.0. The predicted molar refractivity (Wildman–Crippen MR) is 130 cm³/mol. The van der Waals surface area contributed by atoms with Gasteiger partial charge in [0.15, 0.2) is 23.0 Å². The zero-order valence-corrected chi connectivity index (χ0v) is 20.4. The summed E-state index contributed by atoms with van der Waals surface area (Å²) >= 11 is 0. The summed E-state index contributed by atoms with van der Waals surface area (Å²) in [6.45, 7) is 1.89. The smallest absolute Gasteiger partial charge is 0.416 e. The third-order valence-corrected chi connectivity index (χ3v) is 5.00. The van der Waals surface area contributed by atoms with E-state index in [0.717, 1.165) is 6.07 Å². The number of methoxy groups -OCH3 is 2. The molecular formula is C25H22F3N3O7. The van der Waals surface area contributed by atoms with Crippen molar-refractivity contribution in [2.45, 2.75) is 13.1 Å². The lowest BCUT2D eigenvalue weighted by Gasteiger charge is -2.13. The van der Waals surface area contributed by atoms with E-state index in [1.165, 1.54) is 50.8 Å². The van der Waals surface area contributed by atoms with Crippen LogP contribution in [0.2, 0.25) is 0 Å². The molecule has 1 N–H and O–H groups in total. The number of hydrogen-bond donors (Lipinski definition) is 1. The molecule has 0 radical (unpaired) electrons. The number of amides is 1. The van der Waals surface area contributed by atoms with Crippen molar-refractivity contribution >= 4 is 17.8 Å². The molecule has 13 heteroatoms. The average molecular weight is 533 g/mol. The van der Waals surface area contributed by atoms with Gasteiger partial charge in [0, 0.05) is 11.6 Å². The Hall–Kier alpha value is -4.81. The van der Waals surface area contributed by atoms with Gasteiger partial charge in [-0.2, -0.15) is 18.3 Å². The van der Waals surface area contributed by atoms with Gasteiger partial charge in [0.25, 0.3) is 5.91 Å². The van der Waals surface area contributed by atoms with E-state index in [1.807, 2.05) is 0 Å². The molecule has 1 amide bonds. The topological polar surface area (TPSA) is 122 Å². The number of nitro benzene ring substituents is 1. The van der Waals surface area contributed by atoms with E-state index in [1.54, 1.807) is 13.0 Å². The van der Waals surface area contributed by atoms with Crippen LogP contribution in [0, 0.1) is 10.1 Å². The third kappa shape index (κ3) is 6.69. The van der Waals surface area contributed by atoms with Crippen LogP contribution < -0.4 is 24.4 Å². The minimum atomic E-state index is -4.75. The molecule has 0 saturated carbocycles. The Balaban J connectivity index is 1.80. The molecule has 0 spiro atoms. The zero-order valence-electron chi connectivity index (χ0n) is 20.4. The molecule has 3 aromatic carbocycles. The summed E-state index contributed by atoms with van der Waals surface area (Å²) in [4.78, 5) is 22.8. The van der Waals surface area contributed by atoms with Gasteiger partial charge in [-0.1, -0.05) is 0 Å². The lowest BCUT2D eigenvalue weighted by atomic mass is 10.1. The molecule has 3 rings (SSSR count). The van der Waals surface area contributed by atoms with E-state index in [4.69, 9.17) is 18.9 Å². The number of nitro groups is 1. The van der Waals surface area contributed by atoms with E-state index >= 15 is 0 Å². The van der Waals surface area contributed by atoms with Crippen LogP contribution in [0.5, 0.6) is 28.7 Å². The van der Waals surface area contributed by atoms with Crippen molar-refractivity contribution in [1.29, 1.82) is 0 Å². The van der Waals surface area contributed by atoms with Gasteiger partial charge in [-0.3, -0.25) is 14.9 Å². The Morgan fingerprint density at radius 3 is 2.29 bits per heavy atom. The summed E-state index contributed by atoms with van der Waals surface area (Å²) in [5, 5.41) is 15.3. The van der Waals surface area contributed by atoms with Crippen LogP contribution in [-0.4, -0.2) is 37.9 Å². The highest BCUT2D eigenvalue weighted by molar-refractivity contribution is 5.95. The largest absolute Gasteiger partial charge is 0.493 e. The molecule has 0 heterocycles. The Labute approximate surface area is 214 Å². The lowest BCUT2D eigenvalue weighted by molar-refractivity contribution is -0.385. The van der Waals surface area contributed by atoms with Gasteiger partial charge >= 0.3 is 11.9 Å². The SMILES string of the molecule is CCOc1cc(/C=N/NC(=O)c2ccc(OC)c(OC)c2)ccc1Oc1ccc(C(F)(F)F)cc1[N+](=O)[O-]. The van der Waals surface area contributed by atoms with Crippen molar-refractivity contribution in [3.63, 3.8) is 0 Å². The van der Waals surface area contributed by atoms with Crippen LogP contribution in [-0.2, 0) is 6.18 Å². The van der Waals surface area contributed by atoms with Gasteiger partial charge in [0.05, 0.1) is 37.5 Å². The molecule has 0 aliphatic rings. The second-order valence-electron chi connectivity index (χ2n) is 7.45. The first-order valence-corrected chi connectivity index (χ1v) is 10.9. The molecular weight excluding hydrogens is 511 g/mol. The fourth-order valence-electron chi connectivity index (χ4n) is 3.21. The predicted octanol–water partition coefficient (Wildman–Crippen LogP) is 5.59. The Kier molecular flexibility index (Phi) is 8.73. The molecule has 0 fully saturated rings. The number of ether oxygens (including phenoxy) is 4. The van der Waals surface area contributed by atoms with E-state index < -0.39 is 34.0 Å². The standard InChI is InChI=1S/C25H22F3N3O7/c1-4-37-23-11-15(14-29-30-24(32)16-6-9-20(35-2)22(12-16)36-3)5-8-21(23)38-19-10-7-17(25(26,27)28)13-18(19)31(33)34/h5-14H,4H2,1-3H3,(H,30,32)/b29-14+. The minimum absolute atomic E-state index is 0.0289. The summed E-state index contributed by atoms with van der Waals surface area (Å²) in [5.74, 6) is 0.0988. The monoisotopic (exact) mass is 533 g/mol. The van der Waals surface area contributed by atoms with Gasteiger partial charge in [0.1, 0.15) is 0 Å². The molecule has 0 atom stereocenters. The van der Waals surface area contributed by atoms with Crippen LogP contribution in [0.1, 0.15) is 28.4 Å². The molecule has 0 saturated heterocycles. The highest BCUT2D eigenvalue weighted by atomic mass is 19.4. The second-order valence-corrected chi connectivity index (χ2v) is 7.45. The van der Waals surface area contributed by atoms with Crippen LogP contribution in [0.4, 0.5) is 18.9 Å². The normalized spacial score (nSPS) is 11.2. The molecule has 200 valence electrons. The molecule has 0 bridgehead atoms. The summed E-state index contributed by atoms with van der Waals surface area (Å²) in [7, 11) is 2.91. The zero-order chi connectivity index (χ0) is 27.9. The lowest BCUT2D eigenvalue weighted by Crippen LogP contribution is -2.17. The maximum Gasteiger partial charge on any atom is 0.416 e. The number of nitrogens with zero attached hydrogens (tertiary/aromatic N) is 2. The van der Waals surface area contributed by atoms with Crippen molar-refractivity contribution in [2.24, 2.45) is 5.10 Å². The number of alkyl halides is 3.